The molecule has 1 aromatic rings. The molecular formula is C13H24N4. The third-order valence-electron chi connectivity index (χ3n) is 3.56. The average molecular weight is 236 g/mol. The smallest absolute Gasteiger partial charge is 0.0538 e. The molecule has 4 nitrogen and oxygen atoms in total. The average Bonchev–Trinajstić information content (AvgIpc) is 3.00. The fraction of sp³-hybridized carbons (Fsp3) is 0.769. The van der Waals surface area contributed by atoms with Crippen LogP contribution in [-0.4, -0.2) is 33.8 Å². The molecule has 1 fully saturated rings. The standard InChI is InChI=1S/C13H24N4/c1-10(2)17(8-11-4-5-11)13(6-14)12-7-15-16(3)9-12/h7,9-11,13H,4-6,8,14H2,1-3H3. The zero-order chi connectivity index (χ0) is 12.4. The van der Waals surface area contributed by atoms with Crippen molar-refractivity contribution in [2.75, 3.05) is 13.1 Å². The maximum atomic E-state index is 5.97. The van der Waals surface area contributed by atoms with E-state index in [1.54, 1.807) is 0 Å². The van der Waals surface area contributed by atoms with Gasteiger partial charge in [-0.15, -0.1) is 0 Å². The molecule has 0 aliphatic heterocycles. The topological polar surface area (TPSA) is 47.1 Å². The second kappa shape index (κ2) is 5.19. The van der Waals surface area contributed by atoms with Crippen LogP contribution >= 0.6 is 0 Å². The Labute approximate surface area is 104 Å². The van der Waals surface area contributed by atoms with Crippen LogP contribution in [0.1, 0.15) is 38.3 Å². The molecule has 2 rings (SSSR count). The first-order valence-corrected chi connectivity index (χ1v) is 6.56. The molecule has 17 heavy (non-hydrogen) atoms. The van der Waals surface area contributed by atoms with Crippen LogP contribution in [0.15, 0.2) is 12.4 Å². The normalized spacial score (nSPS) is 18.0. The van der Waals surface area contributed by atoms with Gasteiger partial charge in [-0.25, -0.2) is 0 Å². The second-order valence-corrected chi connectivity index (χ2v) is 5.43. The number of rotatable bonds is 6. The molecule has 0 aromatic carbocycles. The third kappa shape index (κ3) is 3.07. The first kappa shape index (κ1) is 12.6. The van der Waals surface area contributed by atoms with Crippen LogP contribution in [0.3, 0.4) is 0 Å². The van der Waals surface area contributed by atoms with Gasteiger partial charge in [0.15, 0.2) is 0 Å². The van der Waals surface area contributed by atoms with E-state index in [-0.39, 0.29) is 0 Å². The second-order valence-electron chi connectivity index (χ2n) is 5.43. The van der Waals surface area contributed by atoms with Crippen molar-refractivity contribution in [2.24, 2.45) is 18.7 Å². The first-order valence-electron chi connectivity index (χ1n) is 6.56. The Morgan fingerprint density at radius 2 is 2.24 bits per heavy atom. The van der Waals surface area contributed by atoms with Crippen molar-refractivity contribution in [1.29, 1.82) is 0 Å². The minimum absolute atomic E-state index is 0.310. The van der Waals surface area contributed by atoms with Gasteiger partial charge >= 0.3 is 0 Å². The van der Waals surface area contributed by atoms with Crippen LogP contribution < -0.4 is 5.73 Å². The van der Waals surface area contributed by atoms with E-state index >= 15 is 0 Å². The number of nitrogens with two attached hydrogens (primary N) is 1. The molecule has 1 heterocycles. The third-order valence-corrected chi connectivity index (χ3v) is 3.56. The zero-order valence-corrected chi connectivity index (χ0v) is 11.1. The lowest BCUT2D eigenvalue weighted by atomic mass is 10.1. The molecule has 1 atom stereocenters. The summed E-state index contributed by atoms with van der Waals surface area (Å²) >= 11 is 0. The summed E-state index contributed by atoms with van der Waals surface area (Å²) in [5.41, 5.74) is 7.21. The van der Waals surface area contributed by atoms with Crippen molar-refractivity contribution < 1.29 is 0 Å². The van der Waals surface area contributed by atoms with E-state index in [0.29, 0.717) is 18.6 Å². The SMILES string of the molecule is CC(C)N(CC1CC1)C(CN)c1cnn(C)c1. The van der Waals surface area contributed by atoms with Gasteiger partial charge in [0.1, 0.15) is 0 Å². The summed E-state index contributed by atoms with van der Waals surface area (Å²) in [6.45, 7) is 6.34. The van der Waals surface area contributed by atoms with E-state index in [1.165, 1.54) is 24.9 Å². The minimum Gasteiger partial charge on any atom is -0.329 e. The number of hydrogen-bond donors (Lipinski definition) is 1. The van der Waals surface area contributed by atoms with Crippen molar-refractivity contribution >= 4 is 0 Å². The molecule has 0 spiro atoms. The summed E-state index contributed by atoms with van der Waals surface area (Å²) in [6.07, 6.45) is 6.79. The van der Waals surface area contributed by atoms with Gasteiger partial charge in [0.05, 0.1) is 12.2 Å². The molecule has 1 aliphatic rings. The van der Waals surface area contributed by atoms with Gasteiger partial charge < -0.3 is 5.73 Å². The molecule has 2 N–H and O–H groups in total. The molecule has 0 radical (unpaired) electrons. The molecule has 1 unspecified atom stereocenters. The number of aryl methyl sites for hydroxylation is 1. The molecule has 96 valence electrons. The van der Waals surface area contributed by atoms with Crippen LogP contribution in [-0.2, 0) is 7.05 Å². The highest BCUT2D eigenvalue weighted by atomic mass is 15.3. The fourth-order valence-electron chi connectivity index (χ4n) is 2.37. The van der Waals surface area contributed by atoms with E-state index in [1.807, 2.05) is 17.9 Å². The number of hydrogen-bond acceptors (Lipinski definition) is 3. The first-order chi connectivity index (χ1) is 8.11. The molecule has 0 bridgehead atoms. The number of aromatic nitrogens is 2. The molecule has 0 amide bonds. The Balaban J connectivity index is 2.12. The Morgan fingerprint density at radius 3 is 2.65 bits per heavy atom. The quantitative estimate of drug-likeness (QED) is 0.815. The van der Waals surface area contributed by atoms with E-state index in [2.05, 4.69) is 30.0 Å². The number of nitrogens with zero attached hydrogens (tertiary/aromatic N) is 3. The van der Waals surface area contributed by atoms with Crippen molar-refractivity contribution in [2.45, 2.75) is 38.8 Å². The van der Waals surface area contributed by atoms with E-state index < -0.39 is 0 Å². The summed E-state index contributed by atoms with van der Waals surface area (Å²) < 4.78 is 1.85. The van der Waals surface area contributed by atoms with E-state index in [4.69, 9.17) is 5.73 Å². The van der Waals surface area contributed by atoms with Crippen LogP contribution in [0.25, 0.3) is 0 Å². The summed E-state index contributed by atoms with van der Waals surface area (Å²) in [4.78, 5) is 2.52. The highest BCUT2D eigenvalue weighted by Crippen LogP contribution is 2.33. The molecule has 1 aromatic heterocycles. The van der Waals surface area contributed by atoms with Gasteiger partial charge in [-0.2, -0.15) is 5.10 Å². The monoisotopic (exact) mass is 236 g/mol. The Morgan fingerprint density at radius 1 is 1.53 bits per heavy atom. The predicted molar refractivity (Wildman–Crippen MR) is 69.6 cm³/mol. The lowest BCUT2D eigenvalue weighted by Crippen LogP contribution is -2.39. The van der Waals surface area contributed by atoms with Crippen molar-refractivity contribution in [3.63, 3.8) is 0 Å². The molecule has 1 aliphatic carbocycles. The van der Waals surface area contributed by atoms with Crippen LogP contribution in [0.2, 0.25) is 0 Å². The van der Waals surface area contributed by atoms with Gasteiger partial charge in [0.2, 0.25) is 0 Å². The maximum absolute atomic E-state index is 5.97. The van der Waals surface area contributed by atoms with Crippen molar-refractivity contribution in [1.82, 2.24) is 14.7 Å². The lowest BCUT2D eigenvalue weighted by Gasteiger charge is -2.34. The van der Waals surface area contributed by atoms with Crippen LogP contribution in [0.4, 0.5) is 0 Å². The Hall–Kier alpha value is -0.870. The largest absolute Gasteiger partial charge is 0.329 e. The van der Waals surface area contributed by atoms with Crippen molar-refractivity contribution in [3.8, 4) is 0 Å². The van der Waals surface area contributed by atoms with E-state index in [9.17, 15) is 0 Å². The molecule has 4 heteroatoms. The summed E-state index contributed by atoms with van der Waals surface area (Å²) in [5, 5.41) is 4.26. The zero-order valence-electron chi connectivity index (χ0n) is 11.1. The fourth-order valence-corrected chi connectivity index (χ4v) is 2.37. The molecule has 0 saturated heterocycles. The lowest BCUT2D eigenvalue weighted by molar-refractivity contribution is 0.149. The molecular weight excluding hydrogens is 212 g/mol. The van der Waals surface area contributed by atoms with Crippen molar-refractivity contribution in [3.05, 3.63) is 18.0 Å². The maximum Gasteiger partial charge on any atom is 0.0538 e. The van der Waals surface area contributed by atoms with Gasteiger partial charge in [0.25, 0.3) is 0 Å². The molecule has 1 saturated carbocycles. The summed E-state index contributed by atoms with van der Waals surface area (Å²) in [6, 6.07) is 0.841. The Kier molecular flexibility index (Phi) is 3.84. The highest BCUT2D eigenvalue weighted by molar-refractivity contribution is 5.11. The van der Waals surface area contributed by atoms with Gasteiger partial charge in [0, 0.05) is 37.9 Å². The van der Waals surface area contributed by atoms with Crippen LogP contribution in [0, 0.1) is 5.92 Å². The van der Waals surface area contributed by atoms with Gasteiger partial charge in [-0.1, -0.05) is 0 Å². The summed E-state index contributed by atoms with van der Waals surface area (Å²) in [5.74, 6) is 0.892. The Bertz CT molecular complexity index is 354. The minimum atomic E-state index is 0.310. The van der Waals surface area contributed by atoms with Gasteiger partial charge in [-0.05, 0) is 32.6 Å². The summed E-state index contributed by atoms with van der Waals surface area (Å²) in [7, 11) is 1.96. The van der Waals surface area contributed by atoms with Gasteiger partial charge in [-0.3, -0.25) is 9.58 Å². The van der Waals surface area contributed by atoms with Crippen LogP contribution in [0.5, 0.6) is 0 Å². The predicted octanol–water partition coefficient (Wildman–Crippen LogP) is 1.54. The van der Waals surface area contributed by atoms with E-state index in [0.717, 1.165) is 5.92 Å². The highest BCUT2D eigenvalue weighted by Gasteiger charge is 2.30.